The third-order valence-electron chi connectivity index (χ3n) is 3.27. The van der Waals surface area contributed by atoms with Gasteiger partial charge in [0.2, 0.25) is 5.91 Å². The Morgan fingerprint density at radius 3 is 2.56 bits per heavy atom. The molecule has 1 atom stereocenters. The van der Waals surface area contributed by atoms with Crippen LogP contribution in [0, 0.1) is 5.92 Å². The van der Waals surface area contributed by atoms with Crippen molar-refractivity contribution < 1.29 is 14.6 Å². The summed E-state index contributed by atoms with van der Waals surface area (Å²) in [5.74, 6) is 0.0640. The van der Waals surface area contributed by atoms with Gasteiger partial charge in [0, 0.05) is 13.7 Å². The van der Waals surface area contributed by atoms with Crippen LogP contribution in [0.25, 0.3) is 0 Å². The Balaban J connectivity index is 2.36. The number of nitrogens with zero attached hydrogens (tertiary/aromatic N) is 1. The lowest BCUT2D eigenvalue weighted by atomic mass is 9.82. The van der Waals surface area contributed by atoms with E-state index in [0.717, 1.165) is 0 Å². The highest BCUT2D eigenvalue weighted by Gasteiger charge is 2.46. The fourth-order valence-corrected chi connectivity index (χ4v) is 1.74. The summed E-state index contributed by atoms with van der Waals surface area (Å²) in [7, 11) is 1.58. The number of hydrogen-bond donors (Lipinski definition) is 2. The molecular formula is C11H22N2O3. The van der Waals surface area contributed by atoms with Gasteiger partial charge in [-0.15, -0.1) is 0 Å². The van der Waals surface area contributed by atoms with Crippen molar-refractivity contribution in [2.45, 2.75) is 31.9 Å². The molecule has 94 valence electrons. The Hall–Kier alpha value is -0.650. The van der Waals surface area contributed by atoms with Gasteiger partial charge in [0.05, 0.1) is 19.1 Å². The number of likely N-dealkylation sites (tertiary alicyclic amines) is 1. The molecule has 5 heteroatoms. The largest absolute Gasteiger partial charge is 0.386 e. The molecule has 1 fully saturated rings. The van der Waals surface area contributed by atoms with Crippen molar-refractivity contribution in [1.29, 1.82) is 0 Å². The summed E-state index contributed by atoms with van der Waals surface area (Å²) in [4.78, 5) is 13.4. The van der Waals surface area contributed by atoms with Gasteiger partial charge in [0.25, 0.3) is 0 Å². The van der Waals surface area contributed by atoms with Gasteiger partial charge in [-0.05, 0) is 12.3 Å². The summed E-state index contributed by atoms with van der Waals surface area (Å²) >= 11 is 0. The van der Waals surface area contributed by atoms with Crippen LogP contribution in [0.1, 0.15) is 20.3 Å². The fourth-order valence-electron chi connectivity index (χ4n) is 1.74. The number of nitrogens with two attached hydrogens (primary N) is 1. The quantitative estimate of drug-likeness (QED) is 0.672. The number of aliphatic hydroxyl groups is 1. The van der Waals surface area contributed by atoms with Crippen molar-refractivity contribution in [3.63, 3.8) is 0 Å². The molecule has 16 heavy (non-hydrogen) atoms. The maximum atomic E-state index is 11.8. The van der Waals surface area contributed by atoms with E-state index in [1.807, 2.05) is 13.8 Å². The maximum absolute atomic E-state index is 11.8. The Morgan fingerprint density at radius 1 is 1.56 bits per heavy atom. The number of methoxy groups -OCH3 is 1. The molecule has 0 radical (unpaired) electrons. The maximum Gasteiger partial charge on any atom is 0.239 e. The highest BCUT2D eigenvalue weighted by molar-refractivity contribution is 5.82. The van der Waals surface area contributed by atoms with E-state index in [2.05, 4.69) is 0 Å². The molecule has 1 heterocycles. The number of rotatable bonds is 5. The Labute approximate surface area is 96.6 Å². The average molecular weight is 230 g/mol. The van der Waals surface area contributed by atoms with Gasteiger partial charge >= 0.3 is 0 Å². The first-order valence-electron chi connectivity index (χ1n) is 5.66. The van der Waals surface area contributed by atoms with E-state index < -0.39 is 11.6 Å². The van der Waals surface area contributed by atoms with Crippen LogP contribution in [-0.2, 0) is 9.53 Å². The molecular weight excluding hydrogens is 208 g/mol. The van der Waals surface area contributed by atoms with Gasteiger partial charge in [0.15, 0.2) is 0 Å². The second kappa shape index (κ2) is 5.12. The molecule has 3 N–H and O–H groups in total. The van der Waals surface area contributed by atoms with E-state index in [-0.39, 0.29) is 11.8 Å². The van der Waals surface area contributed by atoms with Crippen LogP contribution >= 0.6 is 0 Å². The summed E-state index contributed by atoms with van der Waals surface area (Å²) in [5.41, 5.74) is 5.00. The minimum Gasteiger partial charge on any atom is -0.386 e. The molecule has 1 aliphatic rings. The highest BCUT2D eigenvalue weighted by Crippen LogP contribution is 2.28. The molecule has 0 spiro atoms. The molecule has 1 saturated heterocycles. The summed E-state index contributed by atoms with van der Waals surface area (Å²) in [5, 5.41) is 10.0. The van der Waals surface area contributed by atoms with Crippen LogP contribution in [0.5, 0.6) is 0 Å². The van der Waals surface area contributed by atoms with E-state index in [1.54, 1.807) is 12.0 Å². The molecule has 1 amide bonds. The first-order chi connectivity index (χ1) is 7.40. The van der Waals surface area contributed by atoms with Crippen molar-refractivity contribution in [3.05, 3.63) is 0 Å². The number of β-amino-alcohol motifs (C(OH)–C–C–N with tert-alkyl or cyclic N) is 1. The van der Waals surface area contributed by atoms with Gasteiger partial charge in [-0.25, -0.2) is 0 Å². The molecule has 0 saturated carbocycles. The summed E-state index contributed by atoms with van der Waals surface area (Å²) < 4.78 is 4.87. The third-order valence-corrected chi connectivity index (χ3v) is 3.27. The van der Waals surface area contributed by atoms with Crippen LogP contribution in [0.15, 0.2) is 0 Å². The van der Waals surface area contributed by atoms with Crippen LogP contribution in [0.2, 0.25) is 0 Å². The van der Waals surface area contributed by atoms with E-state index in [9.17, 15) is 9.90 Å². The Morgan fingerprint density at radius 2 is 2.12 bits per heavy atom. The molecule has 0 aromatic rings. The van der Waals surface area contributed by atoms with Gasteiger partial charge < -0.3 is 20.5 Å². The average Bonchev–Trinajstić information content (AvgIpc) is 2.19. The second-order valence-corrected chi connectivity index (χ2v) is 4.84. The molecule has 0 aromatic carbocycles. The normalized spacial score (nSPS) is 20.8. The van der Waals surface area contributed by atoms with Crippen molar-refractivity contribution in [2.24, 2.45) is 11.7 Å². The SMILES string of the molecule is COCCC(N)C(=O)N1CC(O)(C(C)C)C1. The fraction of sp³-hybridized carbons (Fsp3) is 0.909. The summed E-state index contributed by atoms with van der Waals surface area (Å²) in [6.07, 6.45) is 0.520. The smallest absolute Gasteiger partial charge is 0.239 e. The Kier molecular flexibility index (Phi) is 4.29. The molecule has 0 aliphatic carbocycles. The lowest BCUT2D eigenvalue weighted by Crippen LogP contribution is -2.68. The topological polar surface area (TPSA) is 75.8 Å². The van der Waals surface area contributed by atoms with Gasteiger partial charge in [-0.2, -0.15) is 0 Å². The second-order valence-electron chi connectivity index (χ2n) is 4.84. The van der Waals surface area contributed by atoms with Crippen LogP contribution in [0.3, 0.4) is 0 Å². The van der Waals surface area contributed by atoms with Gasteiger partial charge in [-0.1, -0.05) is 13.8 Å². The predicted molar refractivity (Wildman–Crippen MR) is 60.8 cm³/mol. The summed E-state index contributed by atoms with van der Waals surface area (Å²) in [6, 6.07) is -0.517. The third kappa shape index (κ3) is 2.72. The minimum absolute atomic E-state index is 0.0950. The lowest BCUT2D eigenvalue weighted by Gasteiger charge is -2.49. The molecule has 0 aromatic heterocycles. The molecule has 5 nitrogen and oxygen atoms in total. The highest BCUT2D eigenvalue weighted by atomic mass is 16.5. The predicted octanol–water partition coefficient (Wildman–Crippen LogP) is -0.420. The monoisotopic (exact) mass is 230 g/mol. The van der Waals surface area contributed by atoms with Gasteiger partial charge in [0.1, 0.15) is 5.60 Å². The lowest BCUT2D eigenvalue weighted by molar-refractivity contribution is -0.165. The Bertz CT molecular complexity index is 250. The molecule has 0 bridgehead atoms. The van der Waals surface area contributed by atoms with Crippen LogP contribution in [-0.4, -0.2) is 54.4 Å². The van der Waals surface area contributed by atoms with E-state index in [1.165, 1.54) is 0 Å². The van der Waals surface area contributed by atoms with Gasteiger partial charge in [-0.3, -0.25) is 4.79 Å². The zero-order valence-electron chi connectivity index (χ0n) is 10.3. The van der Waals surface area contributed by atoms with Crippen LogP contribution in [0.4, 0.5) is 0 Å². The van der Waals surface area contributed by atoms with E-state index >= 15 is 0 Å². The molecule has 1 aliphatic heterocycles. The van der Waals surface area contributed by atoms with E-state index in [0.29, 0.717) is 26.1 Å². The zero-order chi connectivity index (χ0) is 12.3. The number of amides is 1. The zero-order valence-corrected chi connectivity index (χ0v) is 10.3. The van der Waals surface area contributed by atoms with Crippen molar-refractivity contribution in [2.75, 3.05) is 26.8 Å². The standard InChI is InChI=1S/C11H22N2O3/c1-8(2)11(15)6-13(7-11)10(14)9(12)4-5-16-3/h8-9,15H,4-7,12H2,1-3H3. The van der Waals surface area contributed by atoms with E-state index in [4.69, 9.17) is 10.5 Å². The molecule has 1 rings (SSSR count). The van der Waals surface area contributed by atoms with Crippen molar-refractivity contribution in [1.82, 2.24) is 4.90 Å². The molecule has 1 unspecified atom stereocenters. The number of ether oxygens (including phenoxy) is 1. The van der Waals surface area contributed by atoms with Crippen molar-refractivity contribution >= 4 is 5.91 Å². The summed E-state index contributed by atoms with van der Waals surface area (Å²) in [6.45, 7) is 5.17. The number of carbonyl (C=O) groups is 1. The minimum atomic E-state index is -0.726. The number of hydrogen-bond acceptors (Lipinski definition) is 4. The number of carbonyl (C=O) groups excluding carboxylic acids is 1. The van der Waals surface area contributed by atoms with Crippen molar-refractivity contribution in [3.8, 4) is 0 Å². The first-order valence-corrected chi connectivity index (χ1v) is 5.66. The first kappa shape index (κ1) is 13.4. The van der Waals surface area contributed by atoms with Crippen LogP contribution < -0.4 is 5.73 Å².